The van der Waals surface area contributed by atoms with Crippen LogP contribution >= 0.6 is 11.3 Å². The molecule has 2 aromatic heterocycles. The molecular formula is C17H22N4OS. The molecule has 0 atom stereocenters. The maximum atomic E-state index is 12.7. The fourth-order valence-corrected chi connectivity index (χ4v) is 3.93. The minimum atomic E-state index is 0.128. The summed E-state index contributed by atoms with van der Waals surface area (Å²) >= 11 is 1.55. The van der Waals surface area contributed by atoms with Gasteiger partial charge < -0.3 is 9.80 Å². The van der Waals surface area contributed by atoms with Crippen molar-refractivity contribution in [3.63, 3.8) is 0 Å². The number of thiazole rings is 1. The lowest BCUT2D eigenvalue weighted by molar-refractivity contribution is 0.0750. The summed E-state index contributed by atoms with van der Waals surface area (Å²) in [5.74, 6) is 1.11. The fraction of sp³-hybridized carbons (Fsp3) is 0.471. The van der Waals surface area contributed by atoms with Crippen LogP contribution in [0.1, 0.15) is 33.7 Å². The molecule has 1 aliphatic rings. The minimum absolute atomic E-state index is 0.128. The van der Waals surface area contributed by atoms with Crippen molar-refractivity contribution in [3.05, 3.63) is 40.0 Å². The molecule has 0 aromatic carbocycles. The van der Waals surface area contributed by atoms with Crippen molar-refractivity contribution in [2.75, 3.05) is 31.1 Å². The summed E-state index contributed by atoms with van der Waals surface area (Å²) < 4.78 is 0. The smallest absolute Gasteiger partial charge is 0.265 e. The first-order valence-corrected chi connectivity index (χ1v) is 8.92. The molecule has 1 amide bonds. The number of amides is 1. The van der Waals surface area contributed by atoms with E-state index in [0.29, 0.717) is 0 Å². The molecule has 0 unspecified atom stereocenters. The first-order chi connectivity index (χ1) is 11.2. The average molecular weight is 330 g/mol. The second kappa shape index (κ2) is 7.08. The lowest BCUT2D eigenvalue weighted by Crippen LogP contribution is -2.49. The minimum Gasteiger partial charge on any atom is -0.353 e. The van der Waals surface area contributed by atoms with E-state index in [9.17, 15) is 4.79 Å². The molecule has 0 spiro atoms. The molecular weight excluding hydrogens is 308 g/mol. The second-order valence-electron chi connectivity index (χ2n) is 5.74. The zero-order valence-electron chi connectivity index (χ0n) is 13.7. The number of carbonyl (C=O) groups is 1. The number of piperazine rings is 1. The Kier molecular flexibility index (Phi) is 4.91. The quantitative estimate of drug-likeness (QED) is 0.865. The highest BCUT2D eigenvalue weighted by molar-refractivity contribution is 7.13. The molecule has 0 saturated carbocycles. The summed E-state index contributed by atoms with van der Waals surface area (Å²) in [7, 11) is 0. The standard InChI is InChI=1S/C17H22N4OS/c1-3-6-15-19-13(2)16(23-15)17(22)21-11-9-20(10-12-21)14-7-4-5-8-18-14/h4-5,7-8H,3,6,9-12H2,1-2H3. The highest BCUT2D eigenvalue weighted by Crippen LogP contribution is 2.22. The maximum Gasteiger partial charge on any atom is 0.265 e. The molecule has 1 aliphatic heterocycles. The third-order valence-corrected chi connectivity index (χ3v) is 5.24. The van der Waals surface area contributed by atoms with Gasteiger partial charge in [-0.1, -0.05) is 13.0 Å². The SMILES string of the molecule is CCCc1nc(C)c(C(=O)N2CCN(c3ccccn3)CC2)s1. The molecule has 1 saturated heterocycles. The number of hydrogen-bond acceptors (Lipinski definition) is 5. The Morgan fingerprint density at radius 1 is 1.26 bits per heavy atom. The molecule has 23 heavy (non-hydrogen) atoms. The van der Waals surface area contributed by atoms with Gasteiger partial charge in [0.15, 0.2) is 0 Å². The van der Waals surface area contributed by atoms with Crippen LogP contribution in [-0.4, -0.2) is 47.0 Å². The van der Waals surface area contributed by atoms with E-state index in [0.717, 1.165) is 60.4 Å². The zero-order valence-corrected chi connectivity index (χ0v) is 14.5. The van der Waals surface area contributed by atoms with E-state index in [1.54, 1.807) is 11.3 Å². The van der Waals surface area contributed by atoms with Crippen molar-refractivity contribution in [3.8, 4) is 0 Å². The van der Waals surface area contributed by atoms with E-state index in [2.05, 4.69) is 21.8 Å². The van der Waals surface area contributed by atoms with E-state index in [1.165, 1.54) is 0 Å². The summed E-state index contributed by atoms with van der Waals surface area (Å²) in [6.45, 7) is 7.18. The molecule has 0 aliphatic carbocycles. The van der Waals surface area contributed by atoms with Gasteiger partial charge in [0.05, 0.1) is 10.7 Å². The molecule has 6 heteroatoms. The van der Waals surface area contributed by atoms with Crippen molar-refractivity contribution >= 4 is 23.1 Å². The first-order valence-electron chi connectivity index (χ1n) is 8.10. The van der Waals surface area contributed by atoms with Crippen molar-refractivity contribution in [2.45, 2.75) is 26.7 Å². The van der Waals surface area contributed by atoms with Crippen LogP contribution in [0.4, 0.5) is 5.82 Å². The maximum absolute atomic E-state index is 12.7. The molecule has 0 bridgehead atoms. The van der Waals surface area contributed by atoms with Crippen LogP contribution in [0.2, 0.25) is 0 Å². The highest BCUT2D eigenvalue weighted by atomic mass is 32.1. The molecule has 122 valence electrons. The van der Waals surface area contributed by atoms with Crippen LogP contribution in [0.25, 0.3) is 0 Å². The third kappa shape index (κ3) is 3.52. The van der Waals surface area contributed by atoms with Gasteiger partial charge in [0, 0.05) is 32.4 Å². The van der Waals surface area contributed by atoms with Gasteiger partial charge in [-0.2, -0.15) is 0 Å². The van der Waals surface area contributed by atoms with E-state index in [1.807, 2.05) is 36.2 Å². The monoisotopic (exact) mass is 330 g/mol. The number of nitrogens with zero attached hydrogens (tertiary/aromatic N) is 4. The summed E-state index contributed by atoms with van der Waals surface area (Å²) in [4.78, 5) is 26.6. The van der Waals surface area contributed by atoms with Crippen LogP contribution in [0.5, 0.6) is 0 Å². The predicted molar refractivity (Wildman–Crippen MR) is 93.2 cm³/mol. The summed E-state index contributed by atoms with van der Waals surface area (Å²) in [5.41, 5.74) is 0.871. The molecule has 5 nitrogen and oxygen atoms in total. The Balaban J connectivity index is 1.64. The van der Waals surface area contributed by atoms with E-state index < -0.39 is 0 Å². The summed E-state index contributed by atoms with van der Waals surface area (Å²) in [6, 6.07) is 5.93. The van der Waals surface area contributed by atoms with Gasteiger partial charge in [0.25, 0.3) is 5.91 Å². The Hall–Kier alpha value is -1.95. The number of hydrogen-bond donors (Lipinski definition) is 0. The number of carbonyl (C=O) groups excluding carboxylic acids is 1. The Morgan fingerprint density at radius 3 is 2.70 bits per heavy atom. The number of rotatable bonds is 4. The van der Waals surface area contributed by atoms with Crippen LogP contribution in [0, 0.1) is 6.92 Å². The van der Waals surface area contributed by atoms with Gasteiger partial charge in [-0.25, -0.2) is 9.97 Å². The lowest BCUT2D eigenvalue weighted by atomic mass is 10.2. The first kappa shape index (κ1) is 15.9. The topological polar surface area (TPSA) is 49.3 Å². The lowest BCUT2D eigenvalue weighted by Gasteiger charge is -2.35. The van der Waals surface area contributed by atoms with Crippen LogP contribution in [-0.2, 0) is 6.42 Å². The van der Waals surface area contributed by atoms with Crippen molar-refractivity contribution < 1.29 is 4.79 Å². The van der Waals surface area contributed by atoms with Gasteiger partial charge in [-0.3, -0.25) is 4.79 Å². The molecule has 2 aromatic rings. The Bertz CT molecular complexity index is 662. The molecule has 0 N–H and O–H groups in total. The van der Waals surface area contributed by atoms with Crippen LogP contribution in [0.15, 0.2) is 24.4 Å². The summed E-state index contributed by atoms with van der Waals surface area (Å²) in [6.07, 6.45) is 3.82. The van der Waals surface area contributed by atoms with Crippen molar-refractivity contribution in [2.24, 2.45) is 0 Å². The van der Waals surface area contributed by atoms with Crippen LogP contribution < -0.4 is 4.90 Å². The van der Waals surface area contributed by atoms with Gasteiger partial charge in [0.2, 0.25) is 0 Å². The second-order valence-corrected chi connectivity index (χ2v) is 6.82. The highest BCUT2D eigenvalue weighted by Gasteiger charge is 2.25. The predicted octanol–water partition coefficient (Wildman–Crippen LogP) is 2.76. The normalized spacial score (nSPS) is 15.0. The van der Waals surface area contributed by atoms with Gasteiger partial charge in [-0.15, -0.1) is 11.3 Å². The molecule has 3 heterocycles. The van der Waals surface area contributed by atoms with E-state index in [-0.39, 0.29) is 5.91 Å². The number of anilines is 1. The van der Waals surface area contributed by atoms with Crippen LogP contribution in [0.3, 0.4) is 0 Å². The number of pyridine rings is 1. The third-order valence-electron chi connectivity index (χ3n) is 4.04. The molecule has 0 radical (unpaired) electrons. The number of aryl methyl sites for hydroxylation is 2. The van der Waals surface area contributed by atoms with Gasteiger partial charge in [0.1, 0.15) is 10.7 Å². The number of aromatic nitrogens is 2. The van der Waals surface area contributed by atoms with Crippen molar-refractivity contribution in [1.29, 1.82) is 0 Å². The van der Waals surface area contributed by atoms with Crippen molar-refractivity contribution in [1.82, 2.24) is 14.9 Å². The van der Waals surface area contributed by atoms with Gasteiger partial charge in [-0.05, 0) is 31.9 Å². The largest absolute Gasteiger partial charge is 0.353 e. The van der Waals surface area contributed by atoms with Gasteiger partial charge >= 0.3 is 0 Å². The Labute approximate surface area is 141 Å². The average Bonchev–Trinajstić information content (AvgIpc) is 2.96. The van der Waals surface area contributed by atoms with E-state index in [4.69, 9.17) is 0 Å². The Morgan fingerprint density at radius 2 is 2.04 bits per heavy atom. The molecule has 1 fully saturated rings. The summed E-state index contributed by atoms with van der Waals surface area (Å²) in [5, 5.41) is 1.07. The van der Waals surface area contributed by atoms with E-state index >= 15 is 0 Å². The zero-order chi connectivity index (χ0) is 16.2. The molecule has 3 rings (SSSR count). The fourth-order valence-electron chi connectivity index (χ4n) is 2.79.